The Balaban J connectivity index is 2.16. The molecule has 0 radical (unpaired) electrons. The molecule has 0 aliphatic carbocycles. The lowest BCUT2D eigenvalue weighted by Gasteiger charge is -2.19. The molecule has 2 aromatic rings. The van der Waals surface area contributed by atoms with E-state index in [4.69, 9.17) is 0 Å². The Morgan fingerprint density at radius 2 is 1.56 bits per heavy atom. The first-order valence-electron chi connectivity index (χ1n) is 8.16. The molecule has 0 bridgehead atoms. The molecule has 27 heavy (non-hydrogen) atoms. The topological polar surface area (TPSA) is 102 Å². The van der Waals surface area contributed by atoms with Gasteiger partial charge in [0.2, 0.25) is 0 Å². The maximum Gasteiger partial charge on any atom is 0.339 e. The maximum atomic E-state index is 12.5. The van der Waals surface area contributed by atoms with Gasteiger partial charge < -0.3 is 4.74 Å². The second kappa shape index (κ2) is 7.89. The number of hydrogen-bond donors (Lipinski definition) is 2. The summed E-state index contributed by atoms with van der Waals surface area (Å²) in [5, 5.41) is 0. The lowest BCUT2D eigenvalue weighted by atomic mass is 9.87. The van der Waals surface area contributed by atoms with Gasteiger partial charge in [-0.15, -0.1) is 4.83 Å². The Labute approximate surface area is 158 Å². The predicted molar refractivity (Wildman–Crippen MR) is 101 cm³/mol. The van der Waals surface area contributed by atoms with Crippen LogP contribution in [-0.4, -0.2) is 27.4 Å². The van der Waals surface area contributed by atoms with E-state index in [1.807, 2.05) is 17.0 Å². The number of ether oxygens (including phenoxy) is 1. The molecular formula is C19H22N2O5S. The minimum Gasteiger partial charge on any atom is -0.465 e. The molecule has 144 valence electrons. The van der Waals surface area contributed by atoms with Gasteiger partial charge in [0.15, 0.2) is 0 Å². The summed E-state index contributed by atoms with van der Waals surface area (Å²) in [5.41, 5.74) is 3.31. The highest BCUT2D eigenvalue weighted by Crippen LogP contribution is 2.22. The van der Waals surface area contributed by atoms with Crippen molar-refractivity contribution in [1.82, 2.24) is 10.3 Å². The Morgan fingerprint density at radius 1 is 0.963 bits per heavy atom. The van der Waals surface area contributed by atoms with Gasteiger partial charge in [0.25, 0.3) is 15.9 Å². The fourth-order valence-corrected chi connectivity index (χ4v) is 3.38. The minimum absolute atomic E-state index is 0.0613. The number of carbonyl (C=O) groups is 2. The molecule has 2 aromatic carbocycles. The van der Waals surface area contributed by atoms with Crippen molar-refractivity contribution in [3.63, 3.8) is 0 Å². The number of hydrogen-bond acceptors (Lipinski definition) is 5. The van der Waals surface area contributed by atoms with Gasteiger partial charge in [-0.2, -0.15) is 0 Å². The largest absolute Gasteiger partial charge is 0.465 e. The van der Waals surface area contributed by atoms with Gasteiger partial charge in [-0.3, -0.25) is 10.2 Å². The first-order valence-corrected chi connectivity index (χ1v) is 9.64. The van der Waals surface area contributed by atoms with Crippen LogP contribution in [0.4, 0.5) is 0 Å². The highest BCUT2D eigenvalue weighted by Gasteiger charge is 2.23. The van der Waals surface area contributed by atoms with Crippen LogP contribution in [0.2, 0.25) is 0 Å². The van der Waals surface area contributed by atoms with Crippen molar-refractivity contribution in [2.24, 2.45) is 0 Å². The molecule has 0 unspecified atom stereocenters. The normalized spacial score (nSPS) is 11.7. The van der Waals surface area contributed by atoms with Crippen LogP contribution in [0.15, 0.2) is 53.4 Å². The molecule has 0 aromatic heterocycles. The quantitative estimate of drug-likeness (QED) is 0.603. The Hall–Kier alpha value is -2.71. The average molecular weight is 390 g/mol. The third kappa shape index (κ3) is 4.93. The van der Waals surface area contributed by atoms with Crippen molar-refractivity contribution in [1.29, 1.82) is 0 Å². The molecule has 7 nitrogen and oxygen atoms in total. The van der Waals surface area contributed by atoms with Crippen LogP contribution in [-0.2, 0) is 20.2 Å². The molecule has 1 amide bonds. The fraction of sp³-hybridized carbons (Fsp3) is 0.263. The molecule has 0 saturated carbocycles. The standard InChI is InChI=1S/C19H22N2O5S/c1-19(2,3)14-11-9-13(10-12-14)17(22)20-21-27(24,25)16-8-6-5-7-15(16)18(23)26-4/h5-12,21H,1-4H3,(H,20,22). The van der Waals surface area contributed by atoms with E-state index in [0.717, 1.165) is 12.7 Å². The molecule has 0 fully saturated rings. The molecule has 0 saturated heterocycles. The van der Waals surface area contributed by atoms with Crippen molar-refractivity contribution in [3.8, 4) is 0 Å². The summed E-state index contributed by atoms with van der Waals surface area (Å²) in [6, 6.07) is 12.4. The number of esters is 1. The molecular weight excluding hydrogens is 368 g/mol. The van der Waals surface area contributed by atoms with Gasteiger partial charge in [-0.1, -0.05) is 45.0 Å². The van der Waals surface area contributed by atoms with E-state index in [-0.39, 0.29) is 15.9 Å². The van der Waals surface area contributed by atoms with Crippen molar-refractivity contribution in [3.05, 3.63) is 65.2 Å². The molecule has 0 heterocycles. The third-order valence-corrected chi connectivity index (χ3v) is 5.20. The monoisotopic (exact) mass is 390 g/mol. The summed E-state index contributed by atoms with van der Waals surface area (Å²) in [6.45, 7) is 6.15. The van der Waals surface area contributed by atoms with Crippen LogP contribution >= 0.6 is 0 Å². The number of nitrogens with one attached hydrogen (secondary N) is 2. The summed E-state index contributed by atoms with van der Waals surface area (Å²) in [6.07, 6.45) is 0. The highest BCUT2D eigenvalue weighted by molar-refractivity contribution is 7.89. The zero-order valence-corrected chi connectivity index (χ0v) is 16.4. The van der Waals surface area contributed by atoms with E-state index >= 15 is 0 Å². The summed E-state index contributed by atoms with van der Waals surface area (Å²) < 4.78 is 29.5. The zero-order chi connectivity index (χ0) is 20.2. The Kier molecular flexibility index (Phi) is 6.02. The van der Waals surface area contributed by atoms with Crippen molar-refractivity contribution < 1.29 is 22.7 Å². The molecule has 0 aliphatic heterocycles. The molecule has 8 heteroatoms. The van der Waals surface area contributed by atoms with Crippen LogP contribution < -0.4 is 10.3 Å². The lowest BCUT2D eigenvalue weighted by Crippen LogP contribution is -2.42. The van der Waals surface area contributed by atoms with Gasteiger partial charge in [0, 0.05) is 5.56 Å². The summed E-state index contributed by atoms with van der Waals surface area (Å²) in [5.74, 6) is -1.41. The van der Waals surface area contributed by atoms with Crippen LogP contribution in [0.25, 0.3) is 0 Å². The van der Waals surface area contributed by atoms with Gasteiger partial charge >= 0.3 is 5.97 Å². The number of methoxy groups -OCH3 is 1. The molecule has 2 N–H and O–H groups in total. The van der Waals surface area contributed by atoms with Gasteiger partial charge in [0.1, 0.15) is 0 Å². The van der Waals surface area contributed by atoms with E-state index in [2.05, 4.69) is 30.9 Å². The van der Waals surface area contributed by atoms with E-state index in [0.29, 0.717) is 5.56 Å². The number of amides is 1. The SMILES string of the molecule is COC(=O)c1ccccc1S(=O)(=O)NNC(=O)c1ccc(C(C)(C)C)cc1. The summed E-state index contributed by atoms with van der Waals surface area (Å²) in [4.78, 5) is 25.7. The van der Waals surface area contributed by atoms with Gasteiger partial charge in [0.05, 0.1) is 17.6 Å². The Morgan fingerprint density at radius 3 is 2.11 bits per heavy atom. The molecule has 0 aliphatic rings. The number of rotatable bonds is 5. The predicted octanol–water partition coefficient (Wildman–Crippen LogP) is 2.39. The first kappa shape index (κ1) is 20.6. The smallest absolute Gasteiger partial charge is 0.339 e. The average Bonchev–Trinajstić information content (AvgIpc) is 2.65. The van der Waals surface area contributed by atoms with Crippen molar-refractivity contribution >= 4 is 21.9 Å². The molecule has 2 rings (SSSR count). The van der Waals surface area contributed by atoms with E-state index < -0.39 is 21.9 Å². The van der Waals surface area contributed by atoms with E-state index in [1.54, 1.807) is 12.1 Å². The number of hydrazine groups is 1. The van der Waals surface area contributed by atoms with Crippen LogP contribution in [0.5, 0.6) is 0 Å². The molecule has 0 atom stereocenters. The van der Waals surface area contributed by atoms with Crippen LogP contribution in [0.3, 0.4) is 0 Å². The number of sulfonamides is 1. The molecule has 0 spiro atoms. The highest BCUT2D eigenvalue weighted by atomic mass is 32.2. The number of carbonyl (C=O) groups excluding carboxylic acids is 2. The Bertz CT molecular complexity index is 945. The van der Waals surface area contributed by atoms with Gasteiger partial charge in [-0.05, 0) is 35.2 Å². The zero-order valence-electron chi connectivity index (χ0n) is 15.6. The summed E-state index contributed by atoms with van der Waals surface area (Å²) in [7, 11) is -3.01. The van der Waals surface area contributed by atoms with E-state index in [9.17, 15) is 18.0 Å². The first-order chi connectivity index (χ1) is 12.6. The maximum absolute atomic E-state index is 12.5. The lowest BCUT2D eigenvalue weighted by molar-refractivity contribution is 0.0596. The summed E-state index contributed by atoms with van der Waals surface area (Å²) >= 11 is 0. The fourth-order valence-electron chi connectivity index (χ4n) is 2.34. The van der Waals surface area contributed by atoms with Gasteiger partial charge in [-0.25, -0.2) is 13.2 Å². The minimum atomic E-state index is -4.16. The second-order valence-electron chi connectivity index (χ2n) is 6.87. The third-order valence-electron chi connectivity index (χ3n) is 3.89. The van der Waals surface area contributed by atoms with Crippen LogP contribution in [0.1, 0.15) is 47.1 Å². The van der Waals surface area contributed by atoms with Crippen molar-refractivity contribution in [2.75, 3.05) is 7.11 Å². The van der Waals surface area contributed by atoms with Crippen LogP contribution in [0, 0.1) is 0 Å². The number of benzene rings is 2. The van der Waals surface area contributed by atoms with Crippen molar-refractivity contribution in [2.45, 2.75) is 31.1 Å². The second-order valence-corrected chi connectivity index (χ2v) is 8.53. The van der Waals surface area contributed by atoms with E-state index in [1.165, 1.54) is 24.3 Å².